The zero-order valence-electron chi connectivity index (χ0n) is 41.2. The fourth-order valence-corrected chi connectivity index (χ4v) is 10.6. The average molecular weight is 883 g/mol. The molecule has 0 unspecified atom stereocenters. The second kappa shape index (κ2) is 15.7. The van der Waals surface area contributed by atoms with Crippen molar-refractivity contribution in [1.29, 1.82) is 0 Å². The fourth-order valence-electron chi connectivity index (χ4n) is 10.6. The average Bonchev–Trinajstić information content (AvgIpc) is 4.00. The lowest BCUT2D eigenvalue weighted by Gasteiger charge is -2.28. The molecule has 0 aliphatic carbocycles. The molecule has 2 heterocycles. The Bertz CT molecular complexity index is 4490. The minimum absolute atomic E-state index is 0.124. The molecule has 0 saturated carbocycles. The Morgan fingerprint density at radius 3 is 1.65 bits per heavy atom. The lowest BCUT2D eigenvalue weighted by atomic mass is 9.97. The van der Waals surface area contributed by atoms with Crippen molar-refractivity contribution in [2.45, 2.75) is 0 Å². The topological polar surface area (TPSA) is 21.3 Å². The first-order chi connectivity index (χ1) is 35.9. The van der Waals surface area contributed by atoms with E-state index in [1.165, 1.54) is 10.8 Å². The quantitative estimate of drug-likeness (QED) is 0.149. The van der Waals surface area contributed by atoms with E-state index < -0.39 is 0 Å². The lowest BCUT2D eigenvalue weighted by Crippen LogP contribution is -2.11. The van der Waals surface area contributed by atoms with Gasteiger partial charge in [0.2, 0.25) is 0 Å². The molecule has 14 aromatic rings. The van der Waals surface area contributed by atoms with E-state index in [1.807, 2.05) is 89.8 Å². The third-order valence-corrected chi connectivity index (χ3v) is 13.9. The van der Waals surface area contributed by atoms with Gasteiger partial charge in [0.05, 0.1) is 27.9 Å². The van der Waals surface area contributed by atoms with Gasteiger partial charge in [-0.05, 0) is 104 Å². The van der Waals surface area contributed by atoms with Gasteiger partial charge in [-0.15, -0.1) is 0 Å². The van der Waals surface area contributed by atoms with Crippen molar-refractivity contribution in [1.82, 2.24) is 4.57 Å². The second-order valence-electron chi connectivity index (χ2n) is 17.7. The molecular formula is C66H42N2O. The Morgan fingerprint density at radius 2 is 0.870 bits per heavy atom. The van der Waals surface area contributed by atoms with E-state index in [1.54, 1.807) is 0 Å². The van der Waals surface area contributed by atoms with Crippen LogP contribution in [0.15, 0.2) is 259 Å². The van der Waals surface area contributed by atoms with E-state index in [-0.39, 0.29) is 35.4 Å². The van der Waals surface area contributed by atoms with Gasteiger partial charge in [-0.25, -0.2) is 0 Å². The van der Waals surface area contributed by atoms with Gasteiger partial charge >= 0.3 is 0 Å². The maximum absolute atomic E-state index is 9.94. The van der Waals surface area contributed by atoms with Gasteiger partial charge in [0, 0.05) is 55.0 Å². The summed E-state index contributed by atoms with van der Waals surface area (Å²) in [7, 11) is 0. The smallest absolute Gasteiger partial charge is 0.143 e. The van der Waals surface area contributed by atoms with Gasteiger partial charge in [0.15, 0.2) is 0 Å². The summed E-state index contributed by atoms with van der Waals surface area (Å²) >= 11 is 0. The van der Waals surface area contributed by atoms with E-state index in [4.69, 9.17) is 4.42 Å². The highest BCUT2D eigenvalue weighted by atomic mass is 16.3. The molecule has 0 spiro atoms. The molecule has 0 amide bonds. The summed E-state index contributed by atoms with van der Waals surface area (Å²) in [5.74, 6) is 0. The van der Waals surface area contributed by atoms with Crippen molar-refractivity contribution >= 4 is 93.1 Å². The van der Waals surface area contributed by atoms with Gasteiger partial charge in [-0.1, -0.05) is 194 Å². The first-order valence-electron chi connectivity index (χ1n) is 25.3. The third kappa shape index (κ3) is 6.29. The number of anilines is 3. The Hall–Kier alpha value is -9.18. The molecule has 3 heteroatoms. The molecule has 0 radical (unpaired) electrons. The van der Waals surface area contributed by atoms with Crippen LogP contribution in [0.25, 0.3) is 115 Å². The number of rotatable bonds is 7. The van der Waals surface area contributed by atoms with Gasteiger partial charge in [-0.2, -0.15) is 0 Å². The molecule has 12 aromatic carbocycles. The van der Waals surface area contributed by atoms with Gasteiger partial charge in [0.25, 0.3) is 0 Å². The second-order valence-corrected chi connectivity index (χ2v) is 17.7. The number of hydrogen-bond donors (Lipinski definition) is 0. The minimum Gasteiger partial charge on any atom is -0.455 e. The summed E-state index contributed by atoms with van der Waals surface area (Å²) in [6.07, 6.45) is 0. The van der Waals surface area contributed by atoms with E-state index in [0.717, 1.165) is 93.2 Å². The zero-order chi connectivity index (χ0) is 48.9. The van der Waals surface area contributed by atoms with Crippen molar-refractivity contribution in [2.75, 3.05) is 4.90 Å². The van der Waals surface area contributed by atoms with Crippen LogP contribution in [0.2, 0.25) is 0 Å². The lowest BCUT2D eigenvalue weighted by molar-refractivity contribution is 0.674. The molecule has 0 N–H and O–H groups in total. The van der Waals surface area contributed by atoms with E-state index >= 15 is 0 Å². The van der Waals surface area contributed by atoms with Crippen LogP contribution in [-0.2, 0) is 0 Å². The van der Waals surface area contributed by atoms with Gasteiger partial charge in [0.1, 0.15) is 11.2 Å². The standard InChI is InChI=1S/C66H42N2O/c1-3-16-51-44(14-1)28-29-48-42-47(35-40-52(48)51)43-30-36-49(37-31-43)67(62-25-10-8-21-57(62)58-22-13-23-59-60-41-34-45-15-2-4-18-54(45)65(60)69-66(58)59)50-38-32-46(33-39-50)53-17-5-9-24-61(53)68-63-26-11-6-19-55(63)56-20-7-12-27-64(56)68/h1-42H/i30D,31D,36D,37D. The SMILES string of the molecule is [2H]c1c([2H])c(N(c2ccc(-c3ccccc3-n3c4ccccc4c4ccccc43)cc2)c2ccccc2-c2cccc3c2oc2c4ccccc4ccc32)c([2H])c([2H])c1-c1ccc2c(ccc3ccccc32)c1. The first kappa shape index (κ1) is 35.1. The molecule has 0 aliphatic heterocycles. The number of furan rings is 1. The maximum Gasteiger partial charge on any atom is 0.143 e. The number of aromatic nitrogens is 1. The predicted molar refractivity (Wildman–Crippen MR) is 292 cm³/mol. The number of benzene rings is 12. The van der Waals surface area contributed by atoms with Gasteiger partial charge < -0.3 is 13.9 Å². The van der Waals surface area contributed by atoms with Crippen LogP contribution >= 0.6 is 0 Å². The molecule has 0 atom stereocenters. The first-order valence-corrected chi connectivity index (χ1v) is 23.3. The molecular weight excluding hydrogens is 837 g/mol. The molecule has 3 nitrogen and oxygen atoms in total. The van der Waals surface area contributed by atoms with Crippen molar-refractivity contribution < 1.29 is 9.90 Å². The van der Waals surface area contributed by atoms with Crippen molar-refractivity contribution in [3.8, 4) is 39.1 Å². The number of fused-ring (bicyclic) bond motifs is 11. The zero-order valence-corrected chi connectivity index (χ0v) is 37.2. The summed E-state index contributed by atoms with van der Waals surface area (Å²) in [6, 6.07) is 78.1. The summed E-state index contributed by atoms with van der Waals surface area (Å²) in [6.45, 7) is 0. The number of hydrogen-bond acceptors (Lipinski definition) is 2. The van der Waals surface area contributed by atoms with E-state index in [0.29, 0.717) is 16.9 Å². The van der Waals surface area contributed by atoms with Gasteiger partial charge in [-0.3, -0.25) is 0 Å². The number of nitrogens with zero attached hydrogens (tertiary/aromatic N) is 2. The van der Waals surface area contributed by atoms with Crippen LogP contribution in [0.4, 0.5) is 17.1 Å². The predicted octanol–water partition coefficient (Wildman–Crippen LogP) is 18.6. The summed E-state index contributed by atoms with van der Waals surface area (Å²) in [5, 5.41) is 10.7. The molecule has 2 aromatic heterocycles. The van der Waals surface area contributed by atoms with Crippen molar-refractivity contribution in [3.63, 3.8) is 0 Å². The Morgan fingerprint density at radius 1 is 0.333 bits per heavy atom. The van der Waals surface area contributed by atoms with Crippen LogP contribution in [0, 0.1) is 0 Å². The Kier molecular flexibility index (Phi) is 7.99. The molecule has 69 heavy (non-hydrogen) atoms. The third-order valence-electron chi connectivity index (χ3n) is 13.9. The highest BCUT2D eigenvalue weighted by molar-refractivity contribution is 6.18. The fraction of sp³-hybridized carbons (Fsp3) is 0. The minimum atomic E-state index is -0.154. The summed E-state index contributed by atoms with van der Waals surface area (Å²) in [5.41, 5.74) is 10.8. The van der Waals surface area contributed by atoms with E-state index in [9.17, 15) is 5.48 Å². The molecule has 0 saturated heterocycles. The maximum atomic E-state index is 9.94. The molecule has 14 rings (SSSR count). The molecule has 322 valence electrons. The highest BCUT2D eigenvalue weighted by Crippen LogP contribution is 2.46. The van der Waals surface area contributed by atoms with Crippen LogP contribution in [0.1, 0.15) is 5.48 Å². The summed E-state index contributed by atoms with van der Waals surface area (Å²) in [4.78, 5) is 1.89. The van der Waals surface area contributed by atoms with E-state index in [2.05, 4.69) is 150 Å². The molecule has 0 bridgehead atoms. The summed E-state index contributed by atoms with van der Waals surface area (Å²) < 4.78 is 48.6. The Labute approximate surface area is 404 Å². The number of para-hydroxylation sites is 5. The van der Waals surface area contributed by atoms with Crippen LogP contribution in [-0.4, -0.2) is 4.57 Å². The van der Waals surface area contributed by atoms with Crippen LogP contribution in [0.3, 0.4) is 0 Å². The largest absolute Gasteiger partial charge is 0.455 e. The Balaban J connectivity index is 0.970. The van der Waals surface area contributed by atoms with Crippen molar-refractivity contribution in [2.24, 2.45) is 0 Å². The van der Waals surface area contributed by atoms with Crippen LogP contribution < -0.4 is 4.90 Å². The van der Waals surface area contributed by atoms with Crippen LogP contribution in [0.5, 0.6) is 0 Å². The highest BCUT2D eigenvalue weighted by Gasteiger charge is 2.22. The van der Waals surface area contributed by atoms with Crippen molar-refractivity contribution in [3.05, 3.63) is 255 Å². The monoisotopic (exact) mass is 882 g/mol. The molecule has 0 aliphatic rings. The normalized spacial score (nSPS) is 12.6. The molecule has 0 fully saturated rings.